The molecule has 0 saturated carbocycles. The van der Waals surface area contributed by atoms with E-state index in [1.807, 2.05) is 66.4 Å². The Kier molecular flexibility index (Phi) is 7.62. The van der Waals surface area contributed by atoms with Gasteiger partial charge in [-0.1, -0.05) is 60.1 Å². The third-order valence-electron chi connectivity index (χ3n) is 4.54. The van der Waals surface area contributed by atoms with Crippen molar-refractivity contribution in [3.05, 3.63) is 70.7 Å². The Morgan fingerprint density at radius 2 is 1.86 bits per heavy atom. The third kappa shape index (κ3) is 5.91. The van der Waals surface area contributed by atoms with E-state index >= 15 is 0 Å². The van der Waals surface area contributed by atoms with Gasteiger partial charge in [0.2, 0.25) is 5.91 Å². The van der Waals surface area contributed by atoms with Gasteiger partial charge < -0.3 is 15.0 Å². The van der Waals surface area contributed by atoms with Crippen molar-refractivity contribution in [2.45, 2.75) is 18.3 Å². The van der Waals surface area contributed by atoms with Gasteiger partial charge in [-0.15, -0.1) is 0 Å². The van der Waals surface area contributed by atoms with E-state index in [-0.39, 0.29) is 24.3 Å². The molecule has 1 saturated heterocycles. The van der Waals surface area contributed by atoms with Gasteiger partial charge in [-0.3, -0.25) is 4.79 Å². The topological polar surface area (TPSA) is 58.6 Å². The molecule has 0 bridgehead atoms. The number of carbonyl (C=O) groups excluding carboxylic acids is 2. The second kappa shape index (κ2) is 10.4. The number of alkyl carbamates (subject to hydrolysis) is 1. The van der Waals surface area contributed by atoms with Crippen molar-refractivity contribution in [3.8, 4) is 0 Å². The summed E-state index contributed by atoms with van der Waals surface area (Å²) in [5.41, 5.74) is 2.02. The molecule has 0 spiro atoms. The van der Waals surface area contributed by atoms with Crippen molar-refractivity contribution in [3.63, 3.8) is 0 Å². The lowest BCUT2D eigenvalue weighted by molar-refractivity contribution is -0.129. The summed E-state index contributed by atoms with van der Waals surface area (Å²) in [4.78, 5) is 26.1. The summed E-state index contributed by atoms with van der Waals surface area (Å²) in [5, 5.41) is 3.58. The fourth-order valence-electron chi connectivity index (χ4n) is 3.04. The molecule has 0 aromatic heterocycles. The summed E-state index contributed by atoms with van der Waals surface area (Å²) in [7, 11) is 0. The maximum absolute atomic E-state index is 12.5. The second-order valence-electron chi connectivity index (χ2n) is 6.47. The van der Waals surface area contributed by atoms with Crippen molar-refractivity contribution < 1.29 is 14.3 Å². The molecule has 0 aliphatic carbocycles. The molecule has 2 aromatic carbocycles. The molecule has 7 heteroatoms. The minimum Gasteiger partial charge on any atom is -0.445 e. The van der Waals surface area contributed by atoms with Gasteiger partial charge in [0.15, 0.2) is 0 Å². The summed E-state index contributed by atoms with van der Waals surface area (Å²) in [6.07, 6.45) is 0.244. The molecular weight excluding hydrogens is 396 g/mol. The Labute approximate surface area is 174 Å². The normalized spacial score (nSPS) is 16.9. The number of benzene rings is 2. The predicted molar refractivity (Wildman–Crippen MR) is 112 cm³/mol. The summed E-state index contributed by atoms with van der Waals surface area (Å²) in [6, 6.07) is 17.3. The first kappa shape index (κ1) is 20.6. The van der Waals surface area contributed by atoms with Crippen LogP contribution in [-0.4, -0.2) is 42.3 Å². The monoisotopic (exact) mass is 418 g/mol. The van der Waals surface area contributed by atoms with Gasteiger partial charge in [-0.05, 0) is 23.6 Å². The molecule has 1 N–H and O–H groups in total. The number of nitrogens with one attached hydrogen (secondary N) is 1. The highest BCUT2D eigenvalue weighted by molar-refractivity contribution is 7.99. The number of ether oxygens (including phenoxy) is 1. The Bertz CT molecular complexity index is 803. The van der Waals surface area contributed by atoms with Crippen LogP contribution in [0.1, 0.15) is 22.8 Å². The quantitative estimate of drug-likeness (QED) is 0.787. The molecule has 2 aromatic rings. The van der Waals surface area contributed by atoms with Gasteiger partial charge in [0.25, 0.3) is 0 Å². The van der Waals surface area contributed by atoms with Crippen molar-refractivity contribution >= 4 is 35.4 Å². The molecule has 1 aliphatic heterocycles. The molecule has 2 amide bonds. The molecule has 3 rings (SSSR count). The molecule has 28 heavy (non-hydrogen) atoms. The first-order valence-electron chi connectivity index (χ1n) is 9.22. The number of rotatable bonds is 5. The average molecular weight is 419 g/mol. The van der Waals surface area contributed by atoms with E-state index in [0.29, 0.717) is 13.1 Å². The number of amides is 2. The van der Waals surface area contributed by atoms with Crippen molar-refractivity contribution in [1.82, 2.24) is 10.2 Å². The number of carbonyl (C=O) groups is 2. The number of hydrogen-bond acceptors (Lipinski definition) is 4. The molecule has 1 fully saturated rings. The molecule has 1 aliphatic rings. The molecule has 148 valence electrons. The van der Waals surface area contributed by atoms with E-state index in [9.17, 15) is 9.59 Å². The molecule has 1 atom stereocenters. The zero-order valence-electron chi connectivity index (χ0n) is 15.5. The number of halogens is 1. The standard InChI is InChI=1S/C21H23ClN2O3S/c22-18-9-5-4-8-17(18)19-10-11-24(12-13-28-19)20(25)14-23-21(26)27-15-16-6-2-1-3-7-16/h1-9,19H,10-15H2,(H,23,26)/t19-/m1/s1. The first-order valence-corrected chi connectivity index (χ1v) is 10.6. The largest absolute Gasteiger partial charge is 0.445 e. The van der Waals surface area contributed by atoms with Crippen molar-refractivity contribution in [2.75, 3.05) is 25.4 Å². The van der Waals surface area contributed by atoms with E-state index in [4.69, 9.17) is 16.3 Å². The Morgan fingerprint density at radius 3 is 2.64 bits per heavy atom. The molecular formula is C21H23ClN2O3S. The van der Waals surface area contributed by atoms with E-state index in [1.54, 1.807) is 4.90 Å². The summed E-state index contributed by atoms with van der Waals surface area (Å²) >= 11 is 8.13. The maximum Gasteiger partial charge on any atom is 0.407 e. The molecule has 5 nitrogen and oxygen atoms in total. The zero-order valence-corrected chi connectivity index (χ0v) is 17.0. The lowest BCUT2D eigenvalue weighted by Gasteiger charge is -2.20. The number of hydrogen-bond donors (Lipinski definition) is 1. The highest BCUT2D eigenvalue weighted by atomic mass is 35.5. The predicted octanol–water partition coefficient (Wildman–Crippen LogP) is 4.27. The van der Waals surface area contributed by atoms with Gasteiger partial charge in [-0.25, -0.2) is 4.79 Å². The Morgan fingerprint density at radius 1 is 1.11 bits per heavy atom. The van der Waals surface area contributed by atoms with E-state index in [1.165, 1.54) is 0 Å². The van der Waals surface area contributed by atoms with Crippen LogP contribution < -0.4 is 5.32 Å². The molecule has 1 heterocycles. The van der Waals surface area contributed by atoms with Crippen LogP contribution in [0.5, 0.6) is 0 Å². The Balaban J connectivity index is 1.43. The average Bonchev–Trinajstić information content (AvgIpc) is 2.98. The number of nitrogens with zero attached hydrogens (tertiary/aromatic N) is 1. The van der Waals surface area contributed by atoms with Gasteiger partial charge in [0.05, 0.1) is 0 Å². The fourth-order valence-corrected chi connectivity index (χ4v) is 4.64. The van der Waals surface area contributed by atoms with Crippen LogP contribution >= 0.6 is 23.4 Å². The minimum atomic E-state index is -0.588. The van der Waals surface area contributed by atoms with Crippen LogP contribution in [0.4, 0.5) is 4.79 Å². The van der Waals surface area contributed by atoms with Gasteiger partial charge >= 0.3 is 6.09 Å². The lowest BCUT2D eigenvalue weighted by atomic mass is 10.1. The molecule has 0 radical (unpaired) electrons. The Hall–Kier alpha value is -2.18. The second-order valence-corrected chi connectivity index (χ2v) is 8.18. The van der Waals surface area contributed by atoms with Crippen LogP contribution in [0.2, 0.25) is 5.02 Å². The van der Waals surface area contributed by atoms with Crippen LogP contribution in [-0.2, 0) is 16.1 Å². The smallest absolute Gasteiger partial charge is 0.407 e. The highest BCUT2D eigenvalue weighted by Crippen LogP contribution is 2.37. The first-order chi connectivity index (χ1) is 13.6. The van der Waals surface area contributed by atoms with E-state index < -0.39 is 6.09 Å². The van der Waals surface area contributed by atoms with Gasteiger partial charge in [0, 0.05) is 29.1 Å². The number of thioether (sulfide) groups is 1. The fraction of sp³-hybridized carbons (Fsp3) is 0.333. The minimum absolute atomic E-state index is 0.0605. The molecule has 0 unspecified atom stereocenters. The third-order valence-corrected chi connectivity index (χ3v) is 6.20. The highest BCUT2D eigenvalue weighted by Gasteiger charge is 2.23. The summed E-state index contributed by atoms with van der Waals surface area (Å²) in [5.74, 6) is 0.733. The lowest BCUT2D eigenvalue weighted by Crippen LogP contribution is -2.41. The van der Waals surface area contributed by atoms with E-state index in [0.717, 1.165) is 28.3 Å². The van der Waals surface area contributed by atoms with Crippen LogP contribution in [0, 0.1) is 0 Å². The van der Waals surface area contributed by atoms with Crippen LogP contribution in [0.15, 0.2) is 54.6 Å². The maximum atomic E-state index is 12.5. The summed E-state index contributed by atoms with van der Waals surface area (Å²) < 4.78 is 5.14. The van der Waals surface area contributed by atoms with Gasteiger partial charge in [0.1, 0.15) is 13.2 Å². The summed E-state index contributed by atoms with van der Waals surface area (Å²) in [6.45, 7) is 1.42. The zero-order chi connectivity index (χ0) is 19.8. The van der Waals surface area contributed by atoms with Gasteiger partial charge in [-0.2, -0.15) is 11.8 Å². The van der Waals surface area contributed by atoms with Crippen LogP contribution in [0.25, 0.3) is 0 Å². The van der Waals surface area contributed by atoms with E-state index in [2.05, 4.69) is 5.32 Å². The SMILES string of the molecule is O=C(NCC(=O)N1CCS[C@@H](c2ccccc2Cl)CC1)OCc1ccccc1. The van der Waals surface area contributed by atoms with Crippen molar-refractivity contribution in [1.29, 1.82) is 0 Å². The van der Waals surface area contributed by atoms with Crippen LogP contribution in [0.3, 0.4) is 0 Å². The van der Waals surface area contributed by atoms with Crippen molar-refractivity contribution in [2.24, 2.45) is 0 Å².